The van der Waals surface area contributed by atoms with E-state index in [-0.39, 0.29) is 6.04 Å². The van der Waals surface area contributed by atoms with Gasteiger partial charge in [0.05, 0.1) is 0 Å². The van der Waals surface area contributed by atoms with E-state index in [9.17, 15) is 10.2 Å². The molecule has 0 unspecified atom stereocenters. The summed E-state index contributed by atoms with van der Waals surface area (Å²) in [6, 6.07) is 0.223. The van der Waals surface area contributed by atoms with Gasteiger partial charge in [0.2, 0.25) is 5.91 Å². The van der Waals surface area contributed by atoms with E-state index in [1.54, 1.807) is 6.92 Å². The van der Waals surface area contributed by atoms with E-state index >= 15 is 0 Å². The fraction of sp³-hybridized carbons (Fsp3) is 0.800. The SMILES string of the molecule is C=C(C)C(O)(O)NC1CCCCC1. The Balaban J connectivity index is 2.41. The first-order chi connectivity index (χ1) is 6.02. The summed E-state index contributed by atoms with van der Waals surface area (Å²) in [5.74, 6) is -1.89. The first kappa shape index (κ1) is 10.7. The zero-order valence-corrected chi connectivity index (χ0v) is 8.21. The van der Waals surface area contributed by atoms with Crippen molar-refractivity contribution in [2.75, 3.05) is 0 Å². The topological polar surface area (TPSA) is 52.5 Å². The molecule has 3 heteroatoms. The lowest BCUT2D eigenvalue weighted by Gasteiger charge is -2.31. The first-order valence-corrected chi connectivity index (χ1v) is 4.91. The van der Waals surface area contributed by atoms with Crippen LogP contribution in [-0.4, -0.2) is 22.2 Å². The zero-order chi connectivity index (χ0) is 9.90. The summed E-state index contributed by atoms with van der Waals surface area (Å²) in [6.07, 6.45) is 5.65. The van der Waals surface area contributed by atoms with Gasteiger partial charge in [0, 0.05) is 6.04 Å². The Morgan fingerprint density at radius 2 is 1.85 bits per heavy atom. The van der Waals surface area contributed by atoms with Gasteiger partial charge in [0.1, 0.15) is 0 Å². The average Bonchev–Trinajstić information content (AvgIpc) is 2.05. The molecular formula is C10H19NO2. The van der Waals surface area contributed by atoms with Gasteiger partial charge in [0.25, 0.3) is 0 Å². The van der Waals surface area contributed by atoms with E-state index in [4.69, 9.17) is 0 Å². The predicted molar refractivity (Wildman–Crippen MR) is 52.0 cm³/mol. The predicted octanol–water partition coefficient (Wildman–Crippen LogP) is 1.12. The van der Waals surface area contributed by atoms with Crippen LogP contribution in [0.5, 0.6) is 0 Å². The third-order valence-corrected chi connectivity index (χ3v) is 2.61. The van der Waals surface area contributed by atoms with Crippen LogP contribution in [0.4, 0.5) is 0 Å². The van der Waals surface area contributed by atoms with Crippen LogP contribution < -0.4 is 5.32 Å². The van der Waals surface area contributed by atoms with Crippen LogP contribution >= 0.6 is 0 Å². The Hall–Kier alpha value is -0.380. The lowest BCUT2D eigenvalue weighted by molar-refractivity contribution is -0.160. The molecule has 0 aromatic carbocycles. The third kappa shape index (κ3) is 3.10. The summed E-state index contributed by atoms with van der Waals surface area (Å²) in [7, 11) is 0. The summed E-state index contributed by atoms with van der Waals surface area (Å²) in [5, 5.41) is 21.8. The quantitative estimate of drug-likeness (QED) is 0.456. The van der Waals surface area contributed by atoms with Crippen molar-refractivity contribution >= 4 is 0 Å². The molecule has 1 aliphatic rings. The van der Waals surface area contributed by atoms with Crippen LogP contribution in [-0.2, 0) is 0 Å². The highest BCUT2D eigenvalue weighted by Crippen LogP contribution is 2.20. The third-order valence-electron chi connectivity index (χ3n) is 2.61. The summed E-state index contributed by atoms with van der Waals surface area (Å²) >= 11 is 0. The van der Waals surface area contributed by atoms with Gasteiger partial charge in [0.15, 0.2) is 0 Å². The normalized spacial score (nSPS) is 20.2. The molecule has 0 heterocycles. The second-order valence-electron chi connectivity index (χ2n) is 3.93. The van der Waals surface area contributed by atoms with E-state index in [0.717, 1.165) is 12.8 Å². The summed E-state index contributed by atoms with van der Waals surface area (Å²) in [6.45, 7) is 5.14. The van der Waals surface area contributed by atoms with Crippen LogP contribution in [0.1, 0.15) is 39.0 Å². The second-order valence-corrected chi connectivity index (χ2v) is 3.93. The van der Waals surface area contributed by atoms with Gasteiger partial charge in [-0.15, -0.1) is 0 Å². The standard InChI is InChI=1S/C10H19NO2/c1-8(2)10(12,13)11-9-6-4-3-5-7-9/h9,11-13H,1,3-7H2,2H3. The van der Waals surface area contributed by atoms with Gasteiger partial charge in [-0.2, -0.15) is 0 Å². The highest BCUT2D eigenvalue weighted by Gasteiger charge is 2.28. The molecule has 0 saturated heterocycles. The largest absolute Gasteiger partial charge is 0.350 e. The number of rotatable bonds is 3. The monoisotopic (exact) mass is 185 g/mol. The van der Waals surface area contributed by atoms with Gasteiger partial charge in [-0.05, 0) is 25.3 Å². The number of hydrogen-bond donors (Lipinski definition) is 3. The molecule has 76 valence electrons. The van der Waals surface area contributed by atoms with E-state index in [2.05, 4.69) is 11.9 Å². The second kappa shape index (κ2) is 4.22. The zero-order valence-electron chi connectivity index (χ0n) is 8.21. The van der Waals surface area contributed by atoms with E-state index in [1.165, 1.54) is 19.3 Å². The summed E-state index contributed by atoms with van der Waals surface area (Å²) < 4.78 is 0. The smallest absolute Gasteiger partial charge is 0.246 e. The first-order valence-electron chi connectivity index (χ1n) is 4.91. The summed E-state index contributed by atoms with van der Waals surface area (Å²) in [5.41, 5.74) is 0.345. The molecule has 1 rings (SSSR count). The van der Waals surface area contributed by atoms with Crippen LogP contribution in [0, 0.1) is 0 Å². The number of aliphatic hydroxyl groups is 2. The Morgan fingerprint density at radius 1 is 1.31 bits per heavy atom. The fourth-order valence-electron chi connectivity index (χ4n) is 1.65. The van der Waals surface area contributed by atoms with Gasteiger partial charge in [-0.1, -0.05) is 25.8 Å². The van der Waals surface area contributed by atoms with Gasteiger partial charge in [-0.25, -0.2) is 0 Å². The Bertz CT molecular complexity index is 183. The molecule has 0 spiro atoms. The maximum atomic E-state index is 9.49. The maximum absolute atomic E-state index is 9.49. The van der Waals surface area contributed by atoms with Crippen molar-refractivity contribution < 1.29 is 10.2 Å². The molecule has 0 atom stereocenters. The fourth-order valence-corrected chi connectivity index (χ4v) is 1.65. The van der Waals surface area contributed by atoms with Crippen LogP contribution in [0.25, 0.3) is 0 Å². The molecule has 1 fully saturated rings. The highest BCUT2D eigenvalue weighted by molar-refractivity contribution is 5.01. The number of hydrogen-bond acceptors (Lipinski definition) is 3. The summed E-state index contributed by atoms with van der Waals surface area (Å²) in [4.78, 5) is 0. The molecular weight excluding hydrogens is 166 g/mol. The van der Waals surface area contributed by atoms with Crippen LogP contribution in [0.15, 0.2) is 12.2 Å². The van der Waals surface area contributed by atoms with Crippen molar-refractivity contribution in [3.05, 3.63) is 12.2 Å². The van der Waals surface area contributed by atoms with Crippen molar-refractivity contribution in [1.82, 2.24) is 5.32 Å². The molecule has 0 aromatic rings. The van der Waals surface area contributed by atoms with Crippen molar-refractivity contribution in [1.29, 1.82) is 0 Å². The van der Waals surface area contributed by atoms with Crippen molar-refractivity contribution in [3.8, 4) is 0 Å². The molecule has 0 aliphatic heterocycles. The van der Waals surface area contributed by atoms with Crippen molar-refractivity contribution in [2.24, 2.45) is 0 Å². The number of nitrogens with one attached hydrogen (secondary N) is 1. The molecule has 1 aliphatic carbocycles. The highest BCUT2D eigenvalue weighted by atomic mass is 16.5. The minimum atomic E-state index is -1.89. The minimum Gasteiger partial charge on any atom is -0.350 e. The van der Waals surface area contributed by atoms with Crippen LogP contribution in [0.2, 0.25) is 0 Å². The van der Waals surface area contributed by atoms with Gasteiger partial charge in [-0.3, -0.25) is 5.32 Å². The maximum Gasteiger partial charge on any atom is 0.246 e. The lowest BCUT2D eigenvalue weighted by Crippen LogP contribution is -2.51. The Kier molecular flexibility index (Phi) is 3.47. The van der Waals surface area contributed by atoms with E-state index in [0.29, 0.717) is 5.57 Å². The average molecular weight is 185 g/mol. The molecule has 3 nitrogen and oxygen atoms in total. The molecule has 3 N–H and O–H groups in total. The van der Waals surface area contributed by atoms with Crippen molar-refractivity contribution in [2.45, 2.75) is 51.0 Å². The van der Waals surface area contributed by atoms with Gasteiger partial charge >= 0.3 is 0 Å². The Labute approximate surface area is 79.5 Å². The molecule has 13 heavy (non-hydrogen) atoms. The molecule has 0 radical (unpaired) electrons. The van der Waals surface area contributed by atoms with Crippen LogP contribution in [0.3, 0.4) is 0 Å². The Morgan fingerprint density at radius 3 is 2.31 bits per heavy atom. The van der Waals surface area contributed by atoms with E-state index in [1.807, 2.05) is 0 Å². The van der Waals surface area contributed by atoms with Gasteiger partial charge < -0.3 is 10.2 Å². The molecule has 0 amide bonds. The lowest BCUT2D eigenvalue weighted by atomic mass is 9.95. The molecule has 0 bridgehead atoms. The van der Waals surface area contributed by atoms with E-state index < -0.39 is 5.91 Å². The molecule has 0 aromatic heterocycles. The minimum absolute atomic E-state index is 0.223. The molecule has 1 saturated carbocycles. The van der Waals surface area contributed by atoms with Crippen molar-refractivity contribution in [3.63, 3.8) is 0 Å².